The highest BCUT2D eigenvalue weighted by molar-refractivity contribution is 7.92. The molecule has 0 saturated carbocycles. The first kappa shape index (κ1) is 15.1. The summed E-state index contributed by atoms with van der Waals surface area (Å²) in [6.45, 7) is 0.325. The maximum Gasteiger partial charge on any atom is 0.264 e. The van der Waals surface area contributed by atoms with E-state index in [1.54, 1.807) is 18.3 Å². The van der Waals surface area contributed by atoms with E-state index >= 15 is 0 Å². The van der Waals surface area contributed by atoms with Crippen molar-refractivity contribution < 1.29 is 13.2 Å². The Kier molecular flexibility index (Phi) is 4.29. The minimum Gasteiger partial charge on any atom is -0.485 e. The summed E-state index contributed by atoms with van der Waals surface area (Å²) >= 11 is 0. The molecule has 3 rings (SSSR count). The van der Waals surface area contributed by atoms with E-state index in [1.807, 2.05) is 30.3 Å². The number of anilines is 1. The van der Waals surface area contributed by atoms with Gasteiger partial charge in [-0.05, 0) is 23.8 Å². The van der Waals surface area contributed by atoms with Crippen molar-refractivity contribution in [3.05, 3.63) is 72.7 Å². The Labute approximate surface area is 134 Å². The van der Waals surface area contributed by atoms with Gasteiger partial charge in [-0.15, -0.1) is 0 Å². The summed E-state index contributed by atoms with van der Waals surface area (Å²) in [5.41, 5.74) is 0.982. The fourth-order valence-electron chi connectivity index (χ4n) is 1.98. The lowest BCUT2D eigenvalue weighted by Gasteiger charge is -2.12. The molecule has 0 aliphatic rings. The topological polar surface area (TPSA) is 84.1 Å². The number of hydrogen-bond acceptors (Lipinski definition) is 4. The van der Waals surface area contributed by atoms with Crippen LogP contribution in [-0.2, 0) is 16.6 Å². The highest BCUT2D eigenvalue weighted by Gasteiger charge is 2.17. The summed E-state index contributed by atoms with van der Waals surface area (Å²) in [5, 5.41) is 0. The molecule has 7 heteroatoms. The fourth-order valence-corrected chi connectivity index (χ4v) is 2.98. The van der Waals surface area contributed by atoms with Gasteiger partial charge in [0.15, 0.2) is 11.6 Å². The van der Waals surface area contributed by atoms with Crippen molar-refractivity contribution in [2.45, 2.75) is 11.5 Å². The Morgan fingerprint density at radius 2 is 1.91 bits per heavy atom. The smallest absolute Gasteiger partial charge is 0.264 e. The molecule has 0 unspecified atom stereocenters. The third-order valence-corrected chi connectivity index (χ3v) is 4.46. The summed E-state index contributed by atoms with van der Waals surface area (Å²) in [4.78, 5) is 6.91. The zero-order valence-electron chi connectivity index (χ0n) is 12.1. The van der Waals surface area contributed by atoms with Crippen molar-refractivity contribution in [3.63, 3.8) is 0 Å². The number of hydrogen-bond donors (Lipinski definition) is 2. The quantitative estimate of drug-likeness (QED) is 0.728. The number of H-pyrrole nitrogens is 1. The molecule has 0 saturated heterocycles. The molecule has 1 aromatic carbocycles. The molecule has 23 heavy (non-hydrogen) atoms. The predicted octanol–water partition coefficient (Wildman–Crippen LogP) is 2.79. The molecule has 0 aliphatic carbocycles. The molecular weight excluding hydrogens is 314 g/mol. The number of sulfonamides is 1. The predicted molar refractivity (Wildman–Crippen MR) is 86.6 cm³/mol. The lowest BCUT2D eigenvalue weighted by atomic mass is 10.2. The minimum atomic E-state index is -3.70. The Morgan fingerprint density at radius 3 is 2.65 bits per heavy atom. The van der Waals surface area contributed by atoms with Gasteiger partial charge >= 0.3 is 0 Å². The van der Waals surface area contributed by atoms with E-state index in [0.717, 1.165) is 5.56 Å². The molecule has 0 radical (unpaired) electrons. The van der Waals surface area contributed by atoms with Gasteiger partial charge in [0.1, 0.15) is 11.5 Å². The molecule has 0 aliphatic heterocycles. The Balaban J connectivity index is 1.78. The summed E-state index contributed by atoms with van der Waals surface area (Å²) in [5.74, 6) is 0.528. The molecule has 0 amide bonds. The lowest BCUT2D eigenvalue weighted by Crippen LogP contribution is -2.14. The molecule has 0 fully saturated rings. The number of nitrogens with one attached hydrogen (secondary N) is 2. The number of ether oxygens (including phenoxy) is 1. The number of aromatic amines is 1. The van der Waals surface area contributed by atoms with Gasteiger partial charge in [0.25, 0.3) is 10.0 Å². The van der Waals surface area contributed by atoms with Gasteiger partial charge in [-0.1, -0.05) is 30.3 Å². The van der Waals surface area contributed by atoms with Crippen LogP contribution in [-0.4, -0.2) is 18.4 Å². The van der Waals surface area contributed by atoms with Crippen LogP contribution in [0.2, 0.25) is 0 Å². The molecule has 2 aromatic heterocycles. The standard InChI is InChI=1S/C16H15N3O3S/c20-23(21,14-8-10-17-11-14)19-16-15(7-4-9-18-16)22-12-13-5-2-1-3-6-13/h1-11,17H,12H2,(H,18,19). The zero-order chi connectivity index (χ0) is 16.1. The van der Waals surface area contributed by atoms with Crippen LogP contribution in [0.3, 0.4) is 0 Å². The third-order valence-electron chi connectivity index (χ3n) is 3.12. The largest absolute Gasteiger partial charge is 0.485 e. The van der Waals surface area contributed by atoms with E-state index < -0.39 is 10.0 Å². The Hall–Kier alpha value is -2.80. The van der Waals surface area contributed by atoms with Gasteiger partial charge in [0.2, 0.25) is 0 Å². The third kappa shape index (κ3) is 3.70. The van der Waals surface area contributed by atoms with Gasteiger partial charge in [-0.2, -0.15) is 0 Å². The van der Waals surface area contributed by atoms with Gasteiger partial charge in [-0.3, -0.25) is 4.72 Å². The fraction of sp³-hybridized carbons (Fsp3) is 0.0625. The van der Waals surface area contributed by atoms with Gasteiger partial charge in [0, 0.05) is 18.6 Å². The van der Waals surface area contributed by atoms with E-state index in [2.05, 4.69) is 14.7 Å². The molecule has 2 N–H and O–H groups in total. The van der Waals surface area contributed by atoms with Crippen LogP contribution in [0.5, 0.6) is 5.75 Å². The first-order chi connectivity index (χ1) is 11.1. The molecule has 2 heterocycles. The van der Waals surface area contributed by atoms with Crippen molar-refractivity contribution >= 4 is 15.8 Å². The summed E-state index contributed by atoms with van der Waals surface area (Å²) in [7, 11) is -3.70. The average molecular weight is 329 g/mol. The summed E-state index contributed by atoms with van der Waals surface area (Å²) in [6.07, 6.45) is 4.44. The second-order valence-corrected chi connectivity index (χ2v) is 6.46. The number of aromatic nitrogens is 2. The summed E-state index contributed by atoms with van der Waals surface area (Å²) < 4.78 is 32.7. The number of benzene rings is 1. The maximum absolute atomic E-state index is 12.3. The second kappa shape index (κ2) is 6.53. The van der Waals surface area contributed by atoms with Gasteiger partial charge < -0.3 is 9.72 Å². The first-order valence-electron chi connectivity index (χ1n) is 6.92. The second-order valence-electron chi connectivity index (χ2n) is 4.78. The molecule has 0 spiro atoms. The molecular formula is C16H15N3O3S. The van der Waals surface area contributed by atoms with Crippen LogP contribution in [0.25, 0.3) is 0 Å². The van der Waals surface area contributed by atoms with Crippen molar-refractivity contribution in [2.24, 2.45) is 0 Å². The van der Waals surface area contributed by atoms with E-state index in [-0.39, 0.29) is 10.7 Å². The van der Waals surface area contributed by atoms with Crippen LogP contribution in [0.1, 0.15) is 5.56 Å². The molecule has 0 bridgehead atoms. The van der Waals surface area contributed by atoms with Crippen molar-refractivity contribution in [1.82, 2.24) is 9.97 Å². The van der Waals surface area contributed by atoms with E-state index in [4.69, 9.17) is 4.74 Å². The van der Waals surface area contributed by atoms with E-state index in [1.165, 1.54) is 18.5 Å². The van der Waals surface area contributed by atoms with Crippen LogP contribution in [0, 0.1) is 0 Å². The highest BCUT2D eigenvalue weighted by Crippen LogP contribution is 2.24. The zero-order valence-corrected chi connectivity index (χ0v) is 13.0. The molecule has 3 aromatic rings. The maximum atomic E-state index is 12.3. The van der Waals surface area contributed by atoms with Crippen LogP contribution in [0.4, 0.5) is 5.82 Å². The van der Waals surface area contributed by atoms with E-state index in [9.17, 15) is 8.42 Å². The highest BCUT2D eigenvalue weighted by atomic mass is 32.2. The minimum absolute atomic E-state index is 0.136. The SMILES string of the molecule is O=S(=O)(Nc1ncccc1OCc1ccccc1)c1cc[nH]c1. The Morgan fingerprint density at radius 1 is 1.09 bits per heavy atom. The monoisotopic (exact) mass is 329 g/mol. The normalized spacial score (nSPS) is 11.1. The lowest BCUT2D eigenvalue weighted by molar-refractivity contribution is 0.307. The van der Waals surface area contributed by atoms with Crippen LogP contribution >= 0.6 is 0 Å². The van der Waals surface area contributed by atoms with Gasteiger partial charge in [0.05, 0.1) is 0 Å². The number of nitrogens with zero attached hydrogens (tertiary/aromatic N) is 1. The van der Waals surface area contributed by atoms with Crippen molar-refractivity contribution in [3.8, 4) is 5.75 Å². The summed E-state index contributed by atoms with van der Waals surface area (Å²) in [6, 6.07) is 14.4. The van der Waals surface area contributed by atoms with Gasteiger partial charge in [-0.25, -0.2) is 13.4 Å². The number of rotatable bonds is 6. The van der Waals surface area contributed by atoms with Crippen LogP contribution in [0.15, 0.2) is 72.0 Å². The first-order valence-corrected chi connectivity index (χ1v) is 8.41. The Bertz CT molecular complexity index is 863. The molecule has 6 nitrogen and oxygen atoms in total. The van der Waals surface area contributed by atoms with E-state index in [0.29, 0.717) is 12.4 Å². The van der Waals surface area contributed by atoms with Crippen LogP contribution < -0.4 is 9.46 Å². The molecule has 118 valence electrons. The van der Waals surface area contributed by atoms with Crippen molar-refractivity contribution in [2.75, 3.05) is 4.72 Å². The molecule has 0 atom stereocenters. The number of pyridine rings is 1. The average Bonchev–Trinajstić information content (AvgIpc) is 3.10. The van der Waals surface area contributed by atoms with Crippen molar-refractivity contribution in [1.29, 1.82) is 0 Å².